The van der Waals surface area contributed by atoms with Gasteiger partial charge in [-0.1, -0.05) is 48.5 Å². The van der Waals surface area contributed by atoms with Crippen LogP contribution in [0, 0.1) is 56.7 Å². The van der Waals surface area contributed by atoms with Gasteiger partial charge in [-0.3, -0.25) is 0 Å². The van der Waals surface area contributed by atoms with Crippen LogP contribution in [0.5, 0.6) is 0 Å². The summed E-state index contributed by atoms with van der Waals surface area (Å²) in [4.78, 5) is 0. The average molecular weight is 610 g/mol. The van der Waals surface area contributed by atoms with E-state index in [-0.39, 0.29) is 0 Å². The van der Waals surface area contributed by atoms with Gasteiger partial charge in [0.2, 0.25) is 0 Å². The Bertz CT molecular complexity index is 2720. The molecule has 0 fully saturated rings. The maximum atomic E-state index is 10.5. The van der Waals surface area contributed by atoms with Crippen molar-refractivity contribution in [1.29, 1.82) is 26.3 Å². The third kappa shape index (κ3) is 4.10. The van der Waals surface area contributed by atoms with Gasteiger partial charge in [0.25, 0.3) is 0 Å². The SMILES string of the molecule is N#Cc1cc(C#N)cc(-c2c(-n3c4ccccc4c4ccc(C#N)cc43)cc(C#N)cc2-n2c3ccccc3c3ccc(C#N)cc32)c1. The second kappa shape index (κ2) is 10.8. The van der Waals surface area contributed by atoms with Crippen LogP contribution in [-0.4, -0.2) is 9.13 Å². The Morgan fingerprint density at radius 2 is 0.750 bits per heavy atom. The molecular weight excluding hydrogens is 591 g/mol. The molecule has 7 nitrogen and oxygen atoms in total. The highest BCUT2D eigenvalue weighted by molar-refractivity contribution is 6.12. The summed E-state index contributed by atoms with van der Waals surface area (Å²) in [6.07, 6.45) is 0. The highest BCUT2D eigenvalue weighted by atomic mass is 15.0. The van der Waals surface area contributed by atoms with Gasteiger partial charge in [0.05, 0.1) is 91.6 Å². The molecule has 0 amide bonds. The normalized spacial score (nSPS) is 10.8. The first-order valence-electron chi connectivity index (χ1n) is 15.0. The van der Waals surface area contributed by atoms with Crippen molar-refractivity contribution in [2.24, 2.45) is 0 Å². The quantitative estimate of drug-likeness (QED) is 0.197. The lowest BCUT2D eigenvalue weighted by atomic mass is 9.95. The van der Waals surface area contributed by atoms with E-state index in [0.29, 0.717) is 50.3 Å². The summed E-state index contributed by atoms with van der Waals surface area (Å²) in [5.74, 6) is 0. The number of hydrogen-bond acceptors (Lipinski definition) is 5. The van der Waals surface area contributed by atoms with E-state index in [1.54, 1.807) is 30.3 Å². The predicted octanol–water partition coefficient (Wildman–Crippen LogP) is 8.91. The molecule has 0 aliphatic rings. The molecular formula is C41H19N7. The number of rotatable bonds is 3. The highest BCUT2D eigenvalue weighted by Gasteiger charge is 2.24. The molecule has 0 bridgehead atoms. The van der Waals surface area contributed by atoms with Gasteiger partial charge in [-0.2, -0.15) is 26.3 Å². The van der Waals surface area contributed by atoms with Crippen LogP contribution in [0.3, 0.4) is 0 Å². The van der Waals surface area contributed by atoms with Crippen LogP contribution < -0.4 is 0 Å². The Hall–Kier alpha value is -7.63. The molecule has 0 aliphatic heterocycles. The number of nitriles is 5. The van der Waals surface area contributed by atoms with E-state index in [9.17, 15) is 26.3 Å². The lowest BCUT2D eigenvalue weighted by molar-refractivity contribution is 1.13. The summed E-state index contributed by atoms with van der Waals surface area (Å²) in [5.41, 5.74) is 7.75. The van der Waals surface area contributed by atoms with Crippen LogP contribution in [0.1, 0.15) is 27.8 Å². The third-order valence-corrected chi connectivity index (χ3v) is 8.79. The summed E-state index contributed by atoms with van der Waals surface area (Å²) in [5, 5.41) is 54.1. The maximum Gasteiger partial charge on any atom is 0.0993 e. The second-order valence-corrected chi connectivity index (χ2v) is 11.4. The third-order valence-electron chi connectivity index (χ3n) is 8.79. The molecule has 6 aromatic carbocycles. The van der Waals surface area contributed by atoms with Crippen molar-refractivity contribution in [2.75, 3.05) is 0 Å². The van der Waals surface area contributed by atoms with E-state index in [1.165, 1.54) is 0 Å². The number of nitrogens with zero attached hydrogens (tertiary/aromatic N) is 7. The van der Waals surface area contributed by atoms with E-state index in [1.807, 2.05) is 94.1 Å². The van der Waals surface area contributed by atoms with Gasteiger partial charge < -0.3 is 9.13 Å². The van der Waals surface area contributed by atoms with Crippen LogP contribution in [0.15, 0.2) is 115 Å². The fourth-order valence-electron chi connectivity index (χ4n) is 6.83. The van der Waals surface area contributed by atoms with Crippen molar-refractivity contribution in [1.82, 2.24) is 9.13 Å². The molecule has 0 atom stereocenters. The standard InChI is InChI=1S/C41H19N7/c42-20-25-9-11-33-31-5-1-3-7-35(31)47(37(33)16-25)39-18-29(24-46)19-40(41(39)30-14-27(22-44)13-28(15-30)23-45)48-36-8-4-2-6-32(36)34-12-10-26(21-43)17-38(34)48/h1-19H. The fourth-order valence-corrected chi connectivity index (χ4v) is 6.83. The molecule has 0 saturated heterocycles. The zero-order valence-electron chi connectivity index (χ0n) is 25.1. The smallest absolute Gasteiger partial charge is 0.0993 e. The van der Waals surface area contributed by atoms with Gasteiger partial charge in [0, 0.05) is 27.1 Å². The Morgan fingerprint density at radius 3 is 1.19 bits per heavy atom. The Morgan fingerprint density at radius 1 is 0.354 bits per heavy atom. The Balaban J connectivity index is 1.64. The van der Waals surface area contributed by atoms with Gasteiger partial charge >= 0.3 is 0 Å². The van der Waals surface area contributed by atoms with E-state index in [2.05, 4.69) is 30.3 Å². The lowest BCUT2D eigenvalue weighted by Crippen LogP contribution is -2.05. The van der Waals surface area contributed by atoms with Crippen molar-refractivity contribution in [3.05, 3.63) is 143 Å². The van der Waals surface area contributed by atoms with Crippen LogP contribution >= 0.6 is 0 Å². The number of hydrogen-bond donors (Lipinski definition) is 0. The summed E-state index contributed by atoms with van der Waals surface area (Å²) >= 11 is 0. The monoisotopic (exact) mass is 609 g/mol. The molecule has 0 aliphatic carbocycles. The number of aromatic nitrogens is 2. The van der Waals surface area contributed by atoms with E-state index >= 15 is 0 Å². The molecule has 2 heterocycles. The summed E-state index contributed by atoms with van der Waals surface area (Å²) in [7, 11) is 0. The molecule has 2 aromatic heterocycles. The molecule has 8 rings (SSSR count). The minimum atomic E-state index is 0.313. The summed E-state index contributed by atoms with van der Waals surface area (Å²) in [6.45, 7) is 0. The predicted molar refractivity (Wildman–Crippen MR) is 184 cm³/mol. The number of fused-ring (bicyclic) bond motifs is 6. The first-order chi connectivity index (χ1) is 23.6. The van der Waals surface area contributed by atoms with Crippen molar-refractivity contribution >= 4 is 43.6 Å². The molecule has 0 radical (unpaired) electrons. The largest absolute Gasteiger partial charge is 0.308 e. The van der Waals surface area contributed by atoms with Gasteiger partial charge in [-0.25, -0.2) is 0 Å². The van der Waals surface area contributed by atoms with E-state index in [4.69, 9.17) is 0 Å². The van der Waals surface area contributed by atoms with Crippen LogP contribution in [0.2, 0.25) is 0 Å². The van der Waals surface area contributed by atoms with Gasteiger partial charge in [0.1, 0.15) is 0 Å². The van der Waals surface area contributed by atoms with Crippen LogP contribution in [0.4, 0.5) is 0 Å². The first kappa shape index (κ1) is 27.9. The van der Waals surface area contributed by atoms with Crippen molar-refractivity contribution in [2.45, 2.75) is 0 Å². The molecule has 8 aromatic rings. The minimum Gasteiger partial charge on any atom is -0.308 e. The second-order valence-electron chi connectivity index (χ2n) is 11.4. The molecule has 218 valence electrons. The highest BCUT2D eigenvalue weighted by Crippen LogP contribution is 2.43. The summed E-state index contributed by atoms with van der Waals surface area (Å²) in [6, 6.07) is 46.9. The fraction of sp³-hybridized carbons (Fsp3) is 0. The average Bonchev–Trinajstić information content (AvgIpc) is 3.65. The minimum absolute atomic E-state index is 0.313. The van der Waals surface area contributed by atoms with E-state index in [0.717, 1.165) is 43.6 Å². The topological polar surface area (TPSA) is 129 Å². The first-order valence-corrected chi connectivity index (χ1v) is 15.0. The molecule has 0 saturated carbocycles. The molecule has 0 spiro atoms. The zero-order valence-corrected chi connectivity index (χ0v) is 25.1. The van der Waals surface area contributed by atoms with Crippen molar-refractivity contribution in [3.8, 4) is 52.8 Å². The van der Waals surface area contributed by atoms with Gasteiger partial charge in [-0.15, -0.1) is 0 Å². The van der Waals surface area contributed by atoms with Crippen LogP contribution in [-0.2, 0) is 0 Å². The van der Waals surface area contributed by atoms with Crippen molar-refractivity contribution < 1.29 is 0 Å². The van der Waals surface area contributed by atoms with E-state index < -0.39 is 0 Å². The van der Waals surface area contributed by atoms with Gasteiger partial charge in [0.15, 0.2) is 0 Å². The molecule has 0 N–H and O–H groups in total. The van der Waals surface area contributed by atoms with Crippen LogP contribution in [0.25, 0.3) is 66.1 Å². The molecule has 0 unspecified atom stereocenters. The lowest BCUT2D eigenvalue weighted by Gasteiger charge is -2.21. The molecule has 7 heteroatoms. The zero-order chi connectivity index (χ0) is 32.9. The molecule has 48 heavy (non-hydrogen) atoms. The van der Waals surface area contributed by atoms with Crippen molar-refractivity contribution in [3.63, 3.8) is 0 Å². The Labute approximate surface area is 274 Å². The maximum absolute atomic E-state index is 10.5. The number of para-hydroxylation sites is 2. The Kier molecular flexibility index (Phi) is 6.26. The summed E-state index contributed by atoms with van der Waals surface area (Å²) < 4.78 is 4.09. The van der Waals surface area contributed by atoms with Gasteiger partial charge in [-0.05, 0) is 72.3 Å². The number of benzene rings is 6.